The molecule has 0 bridgehead atoms. The molecule has 3 aromatic rings. The van der Waals surface area contributed by atoms with Crippen LogP contribution in [0.15, 0.2) is 47.1 Å². The number of hydrogen-bond donors (Lipinski definition) is 0. The van der Waals surface area contributed by atoms with Crippen LogP contribution in [0.4, 0.5) is 5.69 Å². The van der Waals surface area contributed by atoms with Gasteiger partial charge in [-0.25, -0.2) is 4.90 Å². The molecule has 0 aliphatic carbocycles. The first kappa shape index (κ1) is 15.5. The summed E-state index contributed by atoms with van der Waals surface area (Å²) in [6, 6.07) is 9.71. The second kappa shape index (κ2) is 5.82. The lowest BCUT2D eigenvalue weighted by atomic mass is 10.1. The Bertz CT molecular complexity index is 993. The third-order valence-electron chi connectivity index (χ3n) is 3.98. The molecule has 2 aromatic carbocycles. The van der Waals surface area contributed by atoms with E-state index in [-0.39, 0.29) is 17.9 Å². The van der Waals surface area contributed by atoms with Crippen LogP contribution in [0, 0.1) is 0 Å². The van der Waals surface area contributed by atoms with Gasteiger partial charge < -0.3 is 13.9 Å². The molecule has 0 saturated carbocycles. The maximum atomic E-state index is 13.2. The number of rotatable bonds is 2. The Hall–Kier alpha value is -2.99. The van der Waals surface area contributed by atoms with E-state index in [4.69, 9.17) is 25.5 Å². The Labute approximate surface area is 147 Å². The highest BCUT2D eigenvalue weighted by Gasteiger charge is 2.35. The van der Waals surface area contributed by atoms with E-state index >= 15 is 0 Å². The van der Waals surface area contributed by atoms with Crippen LogP contribution in [0.2, 0.25) is 5.02 Å². The van der Waals surface area contributed by atoms with Crippen molar-refractivity contribution in [2.75, 3.05) is 18.6 Å². The van der Waals surface area contributed by atoms with Crippen molar-refractivity contribution >= 4 is 40.1 Å². The lowest BCUT2D eigenvalue weighted by Crippen LogP contribution is -2.38. The Kier molecular flexibility index (Phi) is 3.62. The molecule has 7 heteroatoms. The monoisotopic (exact) mass is 357 g/mol. The van der Waals surface area contributed by atoms with Gasteiger partial charge in [0.15, 0.2) is 6.61 Å². The van der Waals surface area contributed by atoms with E-state index < -0.39 is 11.8 Å². The number of nitrogens with zero attached hydrogens (tertiary/aromatic N) is 1. The molecule has 0 spiro atoms. The summed E-state index contributed by atoms with van der Waals surface area (Å²) in [6.07, 6.45) is 1.50. The minimum Gasteiger partial charge on any atom is -0.495 e. The Morgan fingerprint density at radius 2 is 1.92 bits per heavy atom. The predicted octanol–water partition coefficient (Wildman–Crippen LogP) is 3.66. The second-order valence-electron chi connectivity index (χ2n) is 5.41. The van der Waals surface area contributed by atoms with Crippen molar-refractivity contribution in [2.45, 2.75) is 0 Å². The van der Waals surface area contributed by atoms with Gasteiger partial charge in [-0.1, -0.05) is 11.6 Å². The average Bonchev–Trinajstić information content (AvgIpc) is 3.03. The lowest BCUT2D eigenvalue weighted by Gasteiger charge is -2.19. The number of hydrogen-bond acceptors (Lipinski definition) is 5. The van der Waals surface area contributed by atoms with Crippen LogP contribution in [-0.4, -0.2) is 25.5 Å². The summed E-state index contributed by atoms with van der Waals surface area (Å²) in [7, 11) is 1.45. The van der Waals surface area contributed by atoms with Gasteiger partial charge in [-0.15, -0.1) is 0 Å². The summed E-state index contributed by atoms with van der Waals surface area (Å²) >= 11 is 5.89. The van der Waals surface area contributed by atoms with E-state index in [1.54, 1.807) is 36.4 Å². The minimum absolute atomic E-state index is 0.178. The number of anilines is 1. The summed E-state index contributed by atoms with van der Waals surface area (Å²) in [5.41, 5.74) is 1.10. The molecule has 6 nitrogen and oxygen atoms in total. The zero-order valence-electron chi connectivity index (χ0n) is 13.1. The number of imide groups is 1. The van der Waals surface area contributed by atoms with Crippen molar-refractivity contribution < 1.29 is 23.5 Å². The first-order chi connectivity index (χ1) is 12.1. The molecule has 0 fully saturated rings. The van der Waals surface area contributed by atoms with Gasteiger partial charge in [0.2, 0.25) is 0 Å². The molecule has 1 aliphatic rings. The summed E-state index contributed by atoms with van der Waals surface area (Å²) in [6.45, 7) is -0.281. The number of halogens is 1. The SMILES string of the molecule is COc1c2c(cc3occc13)OCC(=O)N(c1ccc(Cl)cc1)C2=O. The van der Waals surface area contributed by atoms with Crippen LogP contribution in [-0.2, 0) is 4.79 Å². The van der Waals surface area contributed by atoms with Gasteiger partial charge in [0, 0.05) is 11.1 Å². The molecule has 25 heavy (non-hydrogen) atoms. The van der Waals surface area contributed by atoms with E-state index in [2.05, 4.69) is 0 Å². The molecule has 4 rings (SSSR count). The van der Waals surface area contributed by atoms with Gasteiger partial charge in [-0.3, -0.25) is 9.59 Å². The van der Waals surface area contributed by atoms with E-state index in [0.717, 1.165) is 4.90 Å². The normalized spacial score (nSPS) is 14.2. The minimum atomic E-state index is -0.528. The molecule has 2 heterocycles. The zero-order valence-corrected chi connectivity index (χ0v) is 13.9. The second-order valence-corrected chi connectivity index (χ2v) is 5.85. The number of carbonyl (C=O) groups is 2. The fourth-order valence-electron chi connectivity index (χ4n) is 2.87. The number of amides is 2. The highest BCUT2D eigenvalue weighted by Crippen LogP contribution is 2.40. The molecule has 0 radical (unpaired) electrons. The van der Waals surface area contributed by atoms with Crippen LogP contribution in [0.3, 0.4) is 0 Å². The van der Waals surface area contributed by atoms with Crippen LogP contribution >= 0.6 is 11.6 Å². The van der Waals surface area contributed by atoms with Crippen molar-refractivity contribution in [1.82, 2.24) is 0 Å². The molecule has 1 aromatic heterocycles. The molecule has 1 aliphatic heterocycles. The first-order valence-corrected chi connectivity index (χ1v) is 7.82. The molecular weight excluding hydrogens is 346 g/mol. The largest absolute Gasteiger partial charge is 0.495 e. The van der Waals surface area contributed by atoms with Crippen molar-refractivity contribution in [3.05, 3.63) is 53.2 Å². The van der Waals surface area contributed by atoms with Gasteiger partial charge in [0.05, 0.1) is 24.4 Å². The topological polar surface area (TPSA) is 69.0 Å². The maximum Gasteiger partial charge on any atom is 0.272 e. The maximum absolute atomic E-state index is 13.2. The Morgan fingerprint density at radius 3 is 2.64 bits per heavy atom. The number of benzene rings is 2. The van der Waals surface area contributed by atoms with Crippen molar-refractivity contribution in [3.63, 3.8) is 0 Å². The van der Waals surface area contributed by atoms with E-state index in [1.165, 1.54) is 13.4 Å². The van der Waals surface area contributed by atoms with Crippen LogP contribution < -0.4 is 14.4 Å². The first-order valence-electron chi connectivity index (χ1n) is 7.44. The van der Waals surface area contributed by atoms with Gasteiger partial charge in [-0.2, -0.15) is 0 Å². The average molecular weight is 358 g/mol. The molecule has 0 unspecified atom stereocenters. The van der Waals surface area contributed by atoms with E-state index in [1.807, 2.05) is 0 Å². The zero-order chi connectivity index (χ0) is 17.6. The van der Waals surface area contributed by atoms with Crippen LogP contribution in [0.1, 0.15) is 10.4 Å². The van der Waals surface area contributed by atoms with Gasteiger partial charge in [-0.05, 0) is 30.3 Å². The summed E-state index contributed by atoms with van der Waals surface area (Å²) in [5.74, 6) is -0.462. The van der Waals surface area contributed by atoms with Crippen molar-refractivity contribution in [1.29, 1.82) is 0 Å². The Balaban J connectivity index is 1.93. The molecule has 0 saturated heterocycles. The fourth-order valence-corrected chi connectivity index (χ4v) is 2.99. The van der Waals surface area contributed by atoms with Gasteiger partial charge in [0.25, 0.3) is 11.8 Å². The third kappa shape index (κ3) is 2.42. The fraction of sp³-hybridized carbons (Fsp3) is 0.111. The molecular formula is C18H12ClNO5. The summed E-state index contributed by atoms with van der Waals surface area (Å²) in [4.78, 5) is 26.7. The van der Waals surface area contributed by atoms with Crippen molar-refractivity contribution in [2.24, 2.45) is 0 Å². The predicted molar refractivity (Wildman–Crippen MR) is 91.5 cm³/mol. The highest BCUT2D eigenvalue weighted by atomic mass is 35.5. The standard InChI is InChI=1S/C18H12ClNO5/c1-23-17-12-6-7-24-13(12)8-14-16(17)18(22)20(15(21)9-25-14)11-4-2-10(19)3-5-11/h2-8H,9H2,1H3. The summed E-state index contributed by atoms with van der Waals surface area (Å²) < 4.78 is 16.3. The summed E-state index contributed by atoms with van der Waals surface area (Å²) in [5, 5.41) is 1.14. The van der Waals surface area contributed by atoms with Crippen LogP contribution in [0.25, 0.3) is 11.0 Å². The lowest BCUT2D eigenvalue weighted by molar-refractivity contribution is -0.119. The van der Waals surface area contributed by atoms with E-state index in [0.29, 0.717) is 27.4 Å². The number of fused-ring (bicyclic) bond motifs is 2. The van der Waals surface area contributed by atoms with Gasteiger partial charge in [0.1, 0.15) is 22.6 Å². The smallest absolute Gasteiger partial charge is 0.272 e. The van der Waals surface area contributed by atoms with E-state index in [9.17, 15) is 9.59 Å². The number of ether oxygens (including phenoxy) is 2. The van der Waals surface area contributed by atoms with Gasteiger partial charge >= 0.3 is 0 Å². The molecule has 2 amide bonds. The van der Waals surface area contributed by atoms with Crippen LogP contribution in [0.5, 0.6) is 11.5 Å². The molecule has 0 atom stereocenters. The third-order valence-corrected chi connectivity index (χ3v) is 4.23. The molecule has 126 valence electrons. The number of furan rings is 1. The number of carbonyl (C=O) groups excluding carboxylic acids is 2. The molecule has 0 N–H and O–H groups in total. The number of methoxy groups -OCH3 is 1. The van der Waals surface area contributed by atoms with Crippen molar-refractivity contribution in [3.8, 4) is 11.5 Å². The Morgan fingerprint density at radius 1 is 1.16 bits per heavy atom. The highest BCUT2D eigenvalue weighted by molar-refractivity contribution is 6.31. The quantitative estimate of drug-likeness (QED) is 0.655.